The maximum atomic E-state index is 4.73. The Labute approximate surface area is 119 Å². The molecule has 0 amide bonds. The van der Waals surface area contributed by atoms with Crippen molar-refractivity contribution in [1.82, 2.24) is 25.3 Å². The van der Waals surface area contributed by atoms with Crippen LogP contribution in [0, 0.1) is 6.92 Å². The standard InChI is InChI=1S/C15H11N5O/c1-9-3-2-4-12(18-9)15-14(16-8-17-15)10-5-6-11-13(7-10)20-21-19-11/h2-8H,1H3,(H,16,17). The van der Waals surface area contributed by atoms with Crippen molar-refractivity contribution in [3.8, 4) is 22.6 Å². The maximum Gasteiger partial charge on any atom is 0.135 e. The molecule has 0 aliphatic carbocycles. The van der Waals surface area contributed by atoms with E-state index in [1.54, 1.807) is 6.33 Å². The van der Waals surface area contributed by atoms with E-state index in [2.05, 4.69) is 25.3 Å². The molecule has 0 atom stereocenters. The van der Waals surface area contributed by atoms with Gasteiger partial charge in [0.15, 0.2) is 0 Å². The molecule has 4 rings (SSSR count). The van der Waals surface area contributed by atoms with Crippen LogP contribution >= 0.6 is 0 Å². The minimum absolute atomic E-state index is 0.707. The SMILES string of the molecule is Cc1cccc(-c2[nH]cnc2-c2ccc3nonc3c2)n1. The van der Waals surface area contributed by atoms with Crippen molar-refractivity contribution in [2.24, 2.45) is 0 Å². The van der Waals surface area contributed by atoms with Gasteiger partial charge in [-0.15, -0.1) is 0 Å². The number of hydrogen-bond donors (Lipinski definition) is 1. The van der Waals surface area contributed by atoms with Crippen LogP contribution in [0.3, 0.4) is 0 Å². The summed E-state index contributed by atoms with van der Waals surface area (Å²) < 4.78 is 4.73. The number of fused-ring (bicyclic) bond motifs is 1. The molecule has 6 heteroatoms. The highest BCUT2D eigenvalue weighted by Crippen LogP contribution is 2.29. The lowest BCUT2D eigenvalue weighted by Gasteiger charge is -2.03. The molecule has 4 aromatic rings. The second-order valence-corrected chi connectivity index (χ2v) is 4.76. The molecule has 102 valence electrons. The number of aryl methyl sites for hydroxylation is 1. The van der Waals surface area contributed by atoms with Crippen LogP contribution in [0.25, 0.3) is 33.7 Å². The van der Waals surface area contributed by atoms with E-state index in [0.717, 1.165) is 33.9 Å². The number of aromatic amines is 1. The van der Waals surface area contributed by atoms with Gasteiger partial charge in [-0.1, -0.05) is 12.1 Å². The molecule has 0 spiro atoms. The molecule has 0 unspecified atom stereocenters. The van der Waals surface area contributed by atoms with E-state index in [9.17, 15) is 0 Å². The molecule has 3 heterocycles. The van der Waals surface area contributed by atoms with Crippen molar-refractivity contribution in [2.75, 3.05) is 0 Å². The number of rotatable bonds is 2. The fourth-order valence-corrected chi connectivity index (χ4v) is 2.32. The quantitative estimate of drug-likeness (QED) is 0.609. The van der Waals surface area contributed by atoms with Crippen LogP contribution in [0.2, 0.25) is 0 Å². The normalized spacial score (nSPS) is 11.1. The Morgan fingerprint density at radius 1 is 1.05 bits per heavy atom. The summed E-state index contributed by atoms with van der Waals surface area (Å²) in [6, 6.07) is 11.6. The van der Waals surface area contributed by atoms with Gasteiger partial charge < -0.3 is 4.98 Å². The van der Waals surface area contributed by atoms with Gasteiger partial charge in [0.1, 0.15) is 11.0 Å². The van der Waals surface area contributed by atoms with Gasteiger partial charge in [-0.2, -0.15) is 0 Å². The van der Waals surface area contributed by atoms with Crippen molar-refractivity contribution in [2.45, 2.75) is 6.92 Å². The third-order valence-corrected chi connectivity index (χ3v) is 3.31. The molecule has 0 saturated heterocycles. The topological polar surface area (TPSA) is 80.5 Å². The van der Waals surface area contributed by atoms with E-state index in [1.165, 1.54) is 0 Å². The monoisotopic (exact) mass is 277 g/mol. The minimum Gasteiger partial charge on any atom is -0.343 e. The maximum absolute atomic E-state index is 4.73. The van der Waals surface area contributed by atoms with E-state index >= 15 is 0 Å². The van der Waals surface area contributed by atoms with E-state index in [4.69, 9.17) is 4.63 Å². The zero-order valence-electron chi connectivity index (χ0n) is 11.2. The summed E-state index contributed by atoms with van der Waals surface area (Å²) in [5.74, 6) is 0. The molecule has 21 heavy (non-hydrogen) atoms. The molecule has 6 nitrogen and oxygen atoms in total. The largest absolute Gasteiger partial charge is 0.343 e. The van der Waals surface area contributed by atoms with Crippen LogP contribution in [-0.2, 0) is 0 Å². The number of nitrogens with one attached hydrogen (secondary N) is 1. The van der Waals surface area contributed by atoms with Gasteiger partial charge in [0.05, 0.1) is 23.4 Å². The summed E-state index contributed by atoms with van der Waals surface area (Å²) in [6.07, 6.45) is 1.67. The number of imidazole rings is 1. The van der Waals surface area contributed by atoms with Gasteiger partial charge in [0, 0.05) is 11.3 Å². The number of H-pyrrole nitrogens is 1. The molecular formula is C15H11N5O. The first kappa shape index (κ1) is 11.8. The highest BCUT2D eigenvalue weighted by Gasteiger charge is 2.13. The molecule has 3 aromatic heterocycles. The smallest absolute Gasteiger partial charge is 0.135 e. The number of pyridine rings is 1. The summed E-state index contributed by atoms with van der Waals surface area (Å²) in [5, 5.41) is 7.67. The third-order valence-electron chi connectivity index (χ3n) is 3.31. The summed E-state index contributed by atoms with van der Waals surface area (Å²) in [5.41, 5.74) is 5.92. The average molecular weight is 277 g/mol. The van der Waals surface area contributed by atoms with Crippen LogP contribution in [0.1, 0.15) is 5.69 Å². The van der Waals surface area contributed by atoms with Crippen molar-refractivity contribution in [3.05, 3.63) is 48.4 Å². The molecule has 0 aliphatic rings. The zero-order valence-corrected chi connectivity index (χ0v) is 11.2. The Morgan fingerprint density at radius 2 is 1.95 bits per heavy atom. The molecule has 0 bridgehead atoms. The predicted octanol–water partition coefficient (Wildman–Crippen LogP) is 2.98. The lowest BCUT2D eigenvalue weighted by molar-refractivity contribution is 0.315. The van der Waals surface area contributed by atoms with Gasteiger partial charge in [-0.05, 0) is 41.5 Å². The second-order valence-electron chi connectivity index (χ2n) is 4.76. The first-order chi connectivity index (χ1) is 10.3. The summed E-state index contributed by atoms with van der Waals surface area (Å²) in [4.78, 5) is 12.1. The van der Waals surface area contributed by atoms with Gasteiger partial charge in [-0.25, -0.2) is 9.61 Å². The van der Waals surface area contributed by atoms with Gasteiger partial charge in [0.25, 0.3) is 0 Å². The Hall–Kier alpha value is -3.02. The Bertz CT molecular complexity index is 924. The minimum atomic E-state index is 0.707. The Kier molecular flexibility index (Phi) is 2.53. The number of hydrogen-bond acceptors (Lipinski definition) is 5. The van der Waals surface area contributed by atoms with E-state index < -0.39 is 0 Å². The van der Waals surface area contributed by atoms with Crippen LogP contribution in [0.4, 0.5) is 0 Å². The van der Waals surface area contributed by atoms with Crippen molar-refractivity contribution in [3.63, 3.8) is 0 Å². The molecular weight excluding hydrogens is 266 g/mol. The third kappa shape index (κ3) is 1.97. The molecule has 0 fully saturated rings. The fourth-order valence-electron chi connectivity index (χ4n) is 2.32. The fraction of sp³-hybridized carbons (Fsp3) is 0.0667. The number of benzene rings is 1. The molecule has 1 N–H and O–H groups in total. The van der Waals surface area contributed by atoms with Crippen LogP contribution in [0.15, 0.2) is 47.4 Å². The predicted molar refractivity (Wildman–Crippen MR) is 77.4 cm³/mol. The first-order valence-corrected chi connectivity index (χ1v) is 6.51. The average Bonchev–Trinajstić information content (AvgIpc) is 3.15. The van der Waals surface area contributed by atoms with Crippen LogP contribution < -0.4 is 0 Å². The highest BCUT2D eigenvalue weighted by molar-refractivity contribution is 5.84. The number of aromatic nitrogens is 5. The van der Waals surface area contributed by atoms with Crippen molar-refractivity contribution in [1.29, 1.82) is 0 Å². The zero-order chi connectivity index (χ0) is 14.2. The number of nitrogens with zero attached hydrogens (tertiary/aromatic N) is 4. The Morgan fingerprint density at radius 3 is 2.86 bits per heavy atom. The van der Waals surface area contributed by atoms with E-state index in [1.807, 2.05) is 43.3 Å². The lowest BCUT2D eigenvalue weighted by Crippen LogP contribution is -1.89. The highest BCUT2D eigenvalue weighted by atomic mass is 16.6. The van der Waals surface area contributed by atoms with E-state index in [0.29, 0.717) is 5.52 Å². The van der Waals surface area contributed by atoms with Crippen LogP contribution in [-0.4, -0.2) is 25.3 Å². The second kappa shape index (κ2) is 4.52. The van der Waals surface area contributed by atoms with Gasteiger partial charge in [-0.3, -0.25) is 4.98 Å². The summed E-state index contributed by atoms with van der Waals surface area (Å²) >= 11 is 0. The van der Waals surface area contributed by atoms with E-state index in [-0.39, 0.29) is 0 Å². The van der Waals surface area contributed by atoms with Gasteiger partial charge >= 0.3 is 0 Å². The molecule has 0 saturated carbocycles. The molecule has 1 aromatic carbocycles. The van der Waals surface area contributed by atoms with Gasteiger partial charge in [0.2, 0.25) is 0 Å². The summed E-state index contributed by atoms with van der Waals surface area (Å²) in [6.45, 7) is 1.96. The summed E-state index contributed by atoms with van der Waals surface area (Å²) in [7, 11) is 0. The molecule has 0 radical (unpaired) electrons. The van der Waals surface area contributed by atoms with Crippen molar-refractivity contribution >= 4 is 11.0 Å². The van der Waals surface area contributed by atoms with Crippen molar-refractivity contribution < 1.29 is 4.63 Å². The molecule has 0 aliphatic heterocycles. The Balaban J connectivity index is 1.88. The van der Waals surface area contributed by atoms with Crippen LogP contribution in [0.5, 0.6) is 0 Å². The lowest BCUT2D eigenvalue weighted by atomic mass is 10.1. The first-order valence-electron chi connectivity index (χ1n) is 6.51.